The number of fused-ring (bicyclic) bond motifs is 1. The number of amides is 1. The maximum Gasteiger partial charge on any atom is 0.270 e. The Morgan fingerprint density at radius 3 is 2.57 bits per heavy atom. The normalized spacial score (nSPS) is 14.7. The Bertz CT molecular complexity index is 1660. The van der Waals surface area contributed by atoms with E-state index in [0.717, 1.165) is 48.2 Å². The minimum atomic E-state index is -0.119. The molecule has 6 rings (SSSR count). The minimum Gasteiger partial charge on any atom is -0.493 e. The maximum atomic E-state index is 13.0. The molecule has 1 fully saturated rings. The number of pyridine rings is 1. The van der Waals surface area contributed by atoms with Crippen LogP contribution in [0.3, 0.4) is 0 Å². The number of piperazine rings is 1. The molecule has 9 heteroatoms. The van der Waals surface area contributed by atoms with Crippen LogP contribution in [0.15, 0.2) is 85.2 Å². The molecule has 2 N–H and O–H groups in total. The van der Waals surface area contributed by atoms with Gasteiger partial charge < -0.3 is 24.6 Å². The summed E-state index contributed by atoms with van der Waals surface area (Å²) in [5, 5.41) is 10.8. The van der Waals surface area contributed by atoms with Crippen molar-refractivity contribution in [1.82, 2.24) is 29.7 Å². The van der Waals surface area contributed by atoms with Crippen molar-refractivity contribution in [3.63, 3.8) is 0 Å². The van der Waals surface area contributed by atoms with Gasteiger partial charge in [0, 0.05) is 67.9 Å². The summed E-state index contributed by atoms with van der Waals surface area (Å²) < 4.78 is 6.03. The van der Waals surface area contributed by atoms with E-state index >= 15 is 0 Å². The van der Waals surface area contributed by atoms with Gasteiger partial charge in [0.25, 0.3) is 5.91 Å². The molecule has 0 bridgehead atoms. The van der Waals surface area contributed by atoms with Gasteiger partial charge in [0.1, 0.15) is 17.3 Å². The van der Waals surface area contributed by atoms with Crippen molar-refractivity contribution in [2.45, 2.75) is 12.3 Å². The van der Waals surface area contributed by atoms with Gasteiger partial charge in [0.05, 0.1) is 24.6 Å². The van der Waals surface area contributed by atoms with Crippen molar-refractivity contribution >= 4 is 16.8 Å². The Labute approximate surface area is 244 Å². The third kappa shape index (κ3) is 6.32. The van der Waals surface area contributed by atoms with Crippen molar-refractivity contribution in [3.05, 3.63) is 108 Å². The first-order valence-electron chi connectivity index (χ1n) is 14.2. The minimum absolute atomic E-state index is 0.000345. The Balaban J connectivity index is 1.14. The smallest absolute Gasteiger partial charge is 0.270 e. The number of nitrogens with zero attached hydrogens (tertiary/aromatic N) is 5. The summed E-state index contributed by atoms with van der Waals surface area (Å²) in [5.41, 5.74) is 5.03. The highest BCUT2D eigenvalue weighted by Gasteiger charge is 2.22. The van der Waals surface area contributed by atoms with Crippen molar-refractivity contribution in [3.8, 4) is 17.1 Å². The highest BCUT2D eigenvalue weighted by molar-refractivity contribution is 5.98. The number of aliphatic hydroxyl groups excluding tert-OH is 1. The van der Waals surface area contributed by atoms with Gasteiger partial charge >= 0.3 is 0 Å². The van der Waals surface area contributed by atoms with Crippen LogP contribution in [-0.4, -0.2) is 87.2 Å². The molecule has 9 nitrogen and oxygen atoms in total. The number of ether oxygens (including phenoxy) is 1. The fourth-order valence-electron chi connectivity index (χ4n) is 5.21. The van der Waals surface area contributed by atoms with E-state index in [1.807, 2.05) is 65.6 Å². The zero-order valence-electron chi connectivity index (χ0n) is 23.6. The van der Waals surface area contributed by atoms with Gasteiger partial charge in [-0.3, -0.25) is 9.78 Å². The maximum absolute atomic E-state index is 13.0. The summed E-state index contributed by atoms with van der Waals surface area (Å²) >= 11 is 0. The second kappa shape index (κ2) is 12.5. The van der Waals surface area contributed by atoms with Crippen LogP contribution in [0.5, 0.6) is 5.75 Å². The van der Waals surface area contributed by atoms with Gasteiger partial charge in [-0.05, 0) is 48.5 Å². The molecule has 3 aromatic heterocycles. The number of hydrogen-bond acceptors (Lipinski definition) is 7. The van der Waals surface area contributed by atoms with Crippen LogP contribution in [0, 0.1) is 0 Å². The lowest BCUT2D eigenvalue weighted by molar-refractivity contribution is 0.0659. The number of likely N-dealkylation sites (N-methyl/N-ethyl adjacent to an activating group) is 1. The topological polar surface area (TPSA) is 107 Å². The molecule has 1 aliphatic rings. The molecule has 4 heterocycles. The number of hydrogen-bond donors (Lipinski definition) is 2. The molecular weight excluding hydrogens is 528 g/mol. The zero-order chi connectivity index (χ0) is 28.9. The molecular formula is C33H34N6O3. The highest BCUT2D eigenvalue weighted by Crippen LogP contribution is 2.24. The Morgan fingerprint density at radius 1 is 0.952 bits per heavy atom. The number of H-pyrrole nitrogens is 1. The van der Waals surface area contributed by atoms with E-state index in [2.05, 4.69) is 33.0 Å². The zero-order valence-corrected chi connectivity index (χ0v) is 23.6. The van der Waals surface area contributed by atoms with Crippen LogP contribution in [0.4, 0.5) is 0 Å². The van der Waals surface area contributed by atoms with E-state index in [9.17, 15) is 9.90 Å². The second-order valence-corrected chi connectivity index (χ2v) is 10.7. The van der Waals surface area contributed by atoms with Crippen molar-refractivity contribution in [1.29, 1.82) is 0 Å². The summed E-state index contributed by atoms with van der Waals surface area (Å²) in [6, 6.07) is 23.4. The monoisotopic (exact) mass is 562 g/mol. The lowest BCUT2D eigenvalue weighted by Crippen LogP contribution is -2.47. The largest absolute Gasteiger partial charge is 0.493 e. The van der Waals surface area contributed by atoms with E-state index in [4.69, 9.17) is 9.72 Å². The molecule has 1 unspecified atom stereocenters. The fraction of sp³-hybridized carbons (Fsp3) is 0.273. The Kier molecular flexibility index (Phi) is 8.21. The molecule has 5 aromatic rings. The predicted molar refractivity (Wildman–Crippen MR) is 162 cm³/mol. The molecule has 1 saturated heterocycles. The average Bonchev–Trinajstić information content (AvgIpc) is 3.46. The molecule has 0 spiro atoms. The van der Waals surface area contributed by atoms with Crippen LogP contribution >= 0.6 is 0 Å². The number of rotatable bonds is 9. The fourth-order valence-corrected chi connectivity index (χ4v) is 5.21. The van der Waals surface area contributed by atoms with Crippen molar-refractivity contribution in [2.24, 2.45) is 0 Å². The van der Waals surface area contributed by atoms with Gasteiger partial charge in [0.2, 0.25) is 0 Å². The SMILES string of the molecule is CN1CCN(C(=O)c2cc3cc(Cc4nccc(-c5cc(OCC(CO)c6ccccc6)ccn5)n4)ccc3[nH]2)CC1. The Morgan fingerprint density at radius 2 is 1.76 bits per heavy atom. The van der Waals surface area contributed by atoms with Crippen LogP contribution in [-0.2, 0) is 6.42 Å². The summed E-state index contributed by atoms with van der Waals surface area (Å²) in [4.78, 5) is 34.2. The second-order valence-electron chi connectivity index (χ2n) is 10.7. The quantitative estimate of drug-likeness (QED) is 0.278. The van der Waals surface area contributed by atoms with Gasteiger partial charge in [0.15, 0.2) is 0 Å². The summed E-state index contributed by atoms with van der Waals surface area (Å²) in [6.07, 6.45) is 3.98. The molecule has 0 aliphatic carbocycles. The number of aromatic nitrogens is 4. The van der Waals surface area contributed by atoms with Crippen LogP contribution in [0.1, 0.15) is 33.4 Å². The first kappa shape index (κ1) is 27.6. The van der Waals surface area contributed by atoms with E-state index in [0.29, 0.717) is 41.7 Å². The highest BCUT2D eigenvalue weighted by atomic mass is 16.5. The Hall–Kier alpha value is -4.60. The molecule has 1 aliphatic heterocycles. The molecule has 42 heavy (non-hydrogen) atoms. The third-order valence-electron chi connectivity index (χ3n) is 7.71. The van der Waals surface area contributed by atoms with Crippen LogP contribution in [0.25, 0.3) is 22.3 Å². The van der Waals surface area contributed by atoms with Crippen LogP contribution in [0.2, 0.25) is 0 Å². The molecule has 0 saturated carbocycles. The van der Waals surface area contributed by atoms with Gasteiger partial charge in [-0.15, -0.1) is 0 Å². The predicted octanol–water partition coefficient (Wildman–Crippen LogP) is 4.15. The molecule has 214 valence electrons. The van der Waals surface area contributed by atoms with Gasteiger partial charge in [-0.2, -0.15) is 0 Å². The van der Waals surface area contributed by atoms with E-state index < -0.39 is 0 Å². The number of benzene rings is 2. The summed E-state index contributed by atoms with van der Waals surface area (Å²) in [6.45, 7) is 3.61. The molecule has 2 aromatic carbocycles. The number of nitrogens with one attached hydrogen (secondary N) is 1. The first-order chi connectivity index (χ1) is 20.6. The lowest BCUT2D eigenvalue weighted by atomic mass is 10.0. The number of aliphatic hydroxyl groups is 1. The summed E-state index contributed by atoms with van der Waals surface area (Å²) in [5.74, 6) is 1.26. The third-order valence-corrected chi connectivity index (χ3v) is 7.71. The number of aromatic amines is 1. The lowest BCUT2D eigenvalue weighted by Gasteiger charge is -2.32. The van der Waals surface area contributed by atoms with Crippen molar-refractivity contribution < 1.29 is 14.6 Å². The van der Waals surface area contributed by atoms with Crippen molar-refractivity contribution in [2.75, 3.05) is 46.4 Å². The number of carbonyl (C=O) groups excluding carboxylic acids is 1. The van der Waals surface area contributed by atoms with Gasteiger partial charge in [-0.1, -0.05) is 36.4 Å². The molecule has 1 atom stereocenters. The average molecular weight is 563 g/mol. The van der Waals surface area contributed by atoms with Crippen LogP contribution < -0.4 is 4.74 Å². The molecule has 1 amide bonds. The number of carbonyl (C=O) groups is 1. The van der Waals surface area contributed by atoms with E-state index in [-0.39, 0.29) is 18.4 Å². The first-order valence-corrected chi connectivity index (χ1v) is 14.2. The van der Waals surface area contributed by atoms with E-state index in [1.54, 1.807) is 18.5 Å². The van der Waals surface area contributed by atoms with E-state index in [1.165, 1.54) is 0 Å². The standard InChI is InChI=1S/C33H34N6O3/c1-38-13-15-39(16-14-38)33(41)31-19-25-17-23(7-8-28(25)36-31)18-32-35-12-10-29(37-32)30-20-27(9-11-34-30)42-22-26(21-40)24-5-3-2-4-6-24/h2-12,17,19-20,26,36,40H,13-16,18,21-22H2,1H3. The molecule has 0 radical (unpaired) electrons. The summed E-state index contributed by atoms with van der Waals surface area (Å²) in [7, 11) is 2.08. The van der Waals surface area contributed by atoms with Gasteiger partial charge in [-0.25, -0.2) is 9.97 Å².